The second kappa shape index (κ2) is 8.85. The minimum Gasteiger partial charge on any atom is -0.425 e. The lowest BCUT2D eigenvalue weighted by molar-refractivity contribution is -0.136. The van der Waals surface area contributed by atoms with E-state index in [9.17, 15) is 4.79 Å². The fourth-order valence-electron chi connectivity index (χ4n) is 8.34. The van der Waals surface area contributed by atoms with E-state index in [1.165, 1.54) is 48.8 Å². The van der Waals surface area contributed by atoms with Crippen LogP contribution in [0.15, 0.2) is 12.1 Å². The Morgan fingerprint density at radius 3 is 2.65 bits per heavy atom. The summed E-state index contributed by atoms with van der Waals surface area (Å²) in [6.07, 6.45) is 8.74. The molecule has 0 radical (unpaired) electrons. The molecule has 4 rings (SSSR count). The van der Waals surface area contributed by atoms with Crippen LogP contribution in [-0.4, -0.2) is 24.5 Å². The number of hydrogen-bond acceptors (Lipinski definition) is 4. The van der Waals surface area contributed by atoms with Crippen molar-refractivity contribution in [1.82, 2.24) is 5.32 Å². The van der Waals surface area contributed by atoms with Crippen LogP contribution in [0.1, 0.15) is 89.3 Å². The Balaban J connectivity index is 1.51. The summed E-state index contributed by atoms with van der Waals surface area (Å²) in [6.45, 7) is 12.7. The van der Waals surface area contributed by atoms with Gasteiger partial charge in [0.05, 0.1) is 0 Å². The van der Waals surface area contributed by atoms with Gasteiger partial charge in [-0.1, -0.05) is 34.1 Å². The largest absolute Gasteiger partial charge is 0.425 e. The zero-order valence-electron chi connectivity index (χ0n) is 21.7. The van der Waals surface area contributed by atoms with Crippen LogP contribution < -0.4 is 21.5 Å². The van der Waals surface area contributed by atoms with Crippen molar-refractivity contribution in [2.45, 2.75) is 97.4 Å². The third-order valence-corrected chi connectivity index (χ3v) is 9.71. The second-order valence-electron chi connectivity index (χ2n) is 12.4. The van der Waals surface area contributed by atoms with E-state index in [0.29, 0.717) is 41.9 Å². The van der Waals surface area contributed by atoms with Crippen LogP contribution in [0, 0.1) is 35.0 Å². The van der Waals surface area contributed by atoms with Crippen molar-refractivity contribution in [2.75, 3.05) is 6.54 Å². The summed E-state index contributed by atoms with van der Waals surface area (Å²) in [5.41, 5.74) is 16.4. The van der Waals surface area contributed by atoms with Crippen molar-refractivity contribution in [3.63, 3.8) is 0 Å². The molecule has 34 heavy (non-hydrogen) atoms. The molecule has 0 spiro atoms. The number of carbonyl (C=O) groups excluding carboxylic acids is 1. The highest BCUT2D eigenvalue weighted by atomic mass is 16.5. The summed E-state index contributed by atoms with van der Waals surface area (Å²) in [5, 5.41) is 9.93. The zero-order chi connectivity index (χ0) is 24.9. The molecular formula is C28H44N4O2. The Morgan fingerprint density at radius 1 is 1.21 bits per heavy atom. The molecule has 188 valence electrons. The molecule has 3 aliphatic carbocycles. The van der Waals surface area contributed by atoms with Gasteiger partial charge in [0.15, 0.2) is 5.96 Å². The Morgan fingerprint density at radius 2 is 1.94 bits per heavy atom. The molecule has 6 nitrogen and oxygen atoms in total. The van der Waals surface area contributed by atoms with E-state index in [1.54, 1.807) is 0 Å². The smallest absolute Gasteiger partial charge is 0.328 e. The number of hydrogen-bond donors (Lipinski definition) is 4. The standard InChI is InChI=1S/C28H44N4O2/c1-17-14-19(34-24(33)20(29)8-6-13-32-25(30)31)15-18-16-22-27(4)11-7-10-26(2,3)21(27)9-12-28(22,5)23(17)18/h14-15,20-22H,6-13,16,29H2,1-5H3,(H4,30,31,32)/t20?,21?,22-,27+,28-/m1/s1. The van der Waals surface area contributed by atoms with E-state index in [4.69, 9.17) is 21.6 Å². The van der Waals surface area contributed by atoms with Gasteiger partial charge in [0.1, 0.15) is 11.8 Å². The summed E-state index contributed by atoms with van der Waals surface area (Å²) >= 11 is 0. The molecule has 2 saturated carbocycles. The van der Waals surface area contributed by atoms with Crippen LogP contribution in [0.2, 0.25) is 0 Å². The number of nitrogens with two attached hydrogens (primary N) is 2. The van der Waals surface area contributed by atoms with Gasteiger partial charge >= 0.3 is 5.97 Å². The van der Waals surface area contributed by atoms with Crippen LogP contribution >= 0.6 is 0 Å². The van der Waals surface area contributed by atoms with E-state index in [2.05, 4.69) is 46.0 Å². The van der Waals surface area contributed by atoms with Crippen molar-refractivity contribution in [3.8, 4) is 5.75 Å². The van der Waals surface area contributed by atoms with Crippen molar-refractivity contribution >= 4 is 11.9 Å². The van der Waals surface area contributed by atoms with Gasteiger partial charge in [0, 0.05) is 6.54 Å². The zero-order valence-corrected chi connectivity index (χ0v) is 21.7. The van der Waals surface area contributed by atoms with Crippen molar-refractivity contribution in [1.29, 1.82) is 5.41 Å². The SMILES string of the molecule is Cc1cc(OC(=O)C(N)CCCNC(=N)N)cc2c1[C@]1(C)CCC3C(C)(C)CCC[C@]3(C)[C@H]1C2. The maximum Gasteiger partial charge on any atom is 0.328 e. The van der Waals surface area contributed by atoms with Crippen molar-refractivity contribution in [2.24, 2.45) is 34.1 Å². The number of rotatable bonds is 6. The van der Waals surface area contributed by atoms with E-state index in [0.717, 1.165) is 12.3 Å². The molecule has 1 aromatic carbocycles. The van der Waals surface area contributed by atoms with Gasteiger partial charge in [-0.05, 0) is 109 Å². The quantitative estimate of drug-likeness (QED) is 0.161. The first kappa shape index (κ1) is 25.0. The summed E-state index contributed by atoms with van der Waals surface area (Å²) in [4.78, 5) is 12.6. The molecule has 0 saturated heterocycles. The number of guanidine groups is 1. The topological polar surface area (TPSA) is 114 Å². The summed E-state index contributed by atoms with van der Waals surface area (Å²) in [5.74, 6) is 1.55. The van der Waals surface area contributed by atoms with Crippen LogP contribution in [0.3, 0.4) is 0 Å². The molecule has 6 heteroatoms. The van der Waals surface area contributed by atoms with Gasteiger partial charge in [-0.2, -0.15) is 0 Å². The van der Waals surface area contributed by atoms with Gasteiger partial charge in [0.2, 0.25) is 0 Å². The molecule has 2 fully saturated rings. The molecule has 6 N–H and O–H groups in total. The predicted octanol–water partition coefficient (Wildman–Crippen LogP) is 4.55. The maximum absolute atomic E-state index is 12.6. The summed E-state index contributed by atoms with van der Waals surface area (Å²) < 4.78 is 5.76. The molecule has 0 aliphatic heterocycles. The molecule has 0 aromatic heterocycles. The summed E-state index contributed by atoms with van der Waals surface area (Å²) in [7, 11) is 0. The highest BCUT2D eigenvalue weighted by Crippen LogP contribution is 2.67. The lowest BCUT2D eigenvalue weighted by Crippen LogP contribution is -2.55. The van der Waals surface area contributed by atoms with E-state index in [1.807, 2.05) is 6.07 Å². The number of carbonyl (C=O) groups is 1. The van der Waals surface area contributed by atoms with Gasteiger partial charge in [-0.25, -0.2) is 4.79 Å². The van der Waals surface area contributed by atoms with E-state index >= 15 is 0 Å². The Kier molecular flexibility index (Phi) is 6.52. The van der Waals surface area contributed by atoms with E-state index < -0.39 is 12.0 Å². The third kappa shape index (κ3) is 4.23. The van der Waals surface area contributed by atoms with Gasteiger partial charge in [0.25, 0.3) is 0 Å². The number of ether oxygens (including phenoxy) is 1. The van der Waals surface area contributed by atoms with Crippen molar-refractivity contribution < 1.29 is 9.53 Å². The number of fused-ring (bicyclic) bond motifs is 5. The molecule has 3 aliphatic rings. The highest BCUT2D eigenvalue weighted by molar-refractivity contribution is 5.78. The lowest BCUT2D eigenvalue weighted by atomic mass is 9.43. The second-order valence-corrected chi connectivity index (χ2v) is 12.4. The van der Waals surface area contributed by atoms with E-state index in [-0.39, 0.29) is 11.4 Å². The van der Waals surface area contributed by atoms with Gasteiger partial charge in [-0.15, -0.1) is 0 Å². The van der Waals surface area contributed by atoms with Crippen LogP contribution in [-0.2, 0) is 16.6 Å². The van der Waals surface area contributed by atoms with Gasteiger partial charge < -0.3 is 21.5 Å². The molecular weight excluding hydrogens is 424 g/mol. The molecule has 2 unspecified atom stereocenters. The monoisotopic (exact) mass is 468 g/mol. The van der Waals surface area contributed by atoms with Gasteiger partial charge in [-0.3, -0.25) is 5.41 Å². The molecule has 1 aromatic rings. The average Bonchev–Trinajstić information content (AvgIpc) is 3.04. The fraction of sp³-hybridized carbons (Fsp3) is 0.714. The highest BCUT2D eigenvalue weighted by Gasteiger charge is 2.61. The Hall–Kier alpha value is -2.08. The Labute approximate surface area is 205 Å². The lowest BCUT2D eigenvalue weighted by Gasteiger charge is -2.61. The number of nitrogens with one attached hydrogen (secondary N) is 2. The minimum absolute atomic E-state index is 0.0732. The van der Waals surface area contributed by atoms with Crippen LogP contribution in [0.5, 0.6) is 5.75 Å². The van der Waals surface area contributed by atoms with Crippen LogP contribution in [0.25, 0.3) is 0 Å². The number of aryl methyl sites for hydroxylation is 1. The Bertz CT molecular complexity index is 973. The number of esters is 1. The minimum atomic E-state index is -0.688. The average molecular weight is 469 g/mol. The van der Waals surface area contributed by atoms with Crippen molar-refractivity contribution in [3.05, 3.63) is 28.8 Å². The fourth-order valence-corrected chi connectivity index (χ4v) is 8.34. The summed E-state index contributed by atoms with van der Waals surface area (Å²) in [6, 6.07) is 3.46. The first-order valence-electron chi connectivity index (χ1n) is 13.1. The maximum atomic E-state index is 12.6. The molecule has 0 amide bonds. The molecule has 0 bridgehead atoms. The number of benzene rings is 1. The predicted molar refractivity (Wildman–Crippen MR) is 137 cm³/mol. The first-order valence-corrected chi connectivity index (χ1v) is 13.1. The molecule has 0 heterocycles. The normalized spacial score (nSPS) is 32.2. The molecule has 5 atom stereocenters. The third-order valence-electron chi connectivity index (χ3n) is 9.71. The van der Waals surface area contributed by atoms with Crippen LogP contribution in [0.4, 0.5) is 0 Å². The first-order chi connectivity index (χ1) is 15.9.